The van der Waals surface area contributed by atoms with Gasteiger partial charge >= 0.3 is 0 Å². The van der Waals surface area contributed by atoms with Crippen molar-refractivity contribution in [3.8, 4) is 0 Å². The second-order valence-corrected chi connectivity index (χ2v) is 4.86. The number of hydrogen-bond acceptors (Lipinski definition) is 3. The van der Waals surface area contributed by atoms with Gasteiger partial charge in [-0.25, -0.2) is 4.98 Å². The van der Waals surface area contributed by atoms with E-state index in [1.807, 2.05) is 0 Å². The van der Waals surface area contributed by atoms with Gasteiger partial charge in [-0.3, -0.25) is 0 Å². The summed E-state index contributed by atoms with van der Waals surface area (Å²) >= 11 is 0. The number of hydrogen-bond donors (Lipinski definition) is 2. The highest BCUT2D eigenvalue weighted by molar-refractivity contribution is 5.43. The SMILES string of the molecule is c1nc(NC2CCNCC2)cc2c1CCC2. The molecule has 3 nitrogen and oxygen atoms in total. The smallest absolute Gasteiger partial charge is 0.126 e. The molecule has 1 aliphatic heterocycles. The van der Waals surface area contributed by atoms with Crippen molar-refractivity contribution in [2.75, 3.05) is 18.4 Å². The number of nitrogens with zero attached hydrogens (tertiary/aromatic N) is 1. The van der Waals surface area contributed by atoms with Crippen LogP contribution in [0.15, 0.2) is 12.3 Å². The van der Waals surface area contributed by atoms with E-state index in [0.717, 1.165) is 18.9 Å². The maximum atomic E-state index is 4.51. The van der Waals surface area contributed by atoms with Crippen LogP contribution >= 0.6 is 0 Å². The molecule has 1 aromatic rings. The Bertz CT molecular complexity index is 369. The summed E-state index contributed by atoms with van der Waals surface area (Å²) in [5, 5.41) is 6.94. The van der Waals surface area contributed by atoms with Crippen molar-refractivity contribution < 1.29 is 0 Å². The van der Waals surface area contributed by atoms with Crippen LogP contribution in [0.2, 0.25) is 0 Å². The lowest BCUT2D eigenvalue weighted by Crippen LogP contribution is -2.35. The van der Waals surface area contributed by atoms with Gasteiger partial charge in [0.05, 0.1) is 0 Å². The molecule has 1 fully saturated rings. The first-order chi connectivity index (χ1) is 7.92. The van der Waals surface area contributed by atoms with E-state index in [2.05, 4.69) is 27.9 Å². The van der Waals surface area contributed by atoms with Crippen molar-refractivity contribution >= 4 is 5.82 Å². The molecule has 0 unspecified atom stereocenters. The minimum atomic E-state index is 0.605. The molecular weight excluding hydrogens is 198 g/mol. The lowest BCUT2D eigenvalue weighted by atomic mass is 10.1. The summed E-state index contributed by atoms with van der Waals surface area (Å²) in [6.07, 6.45) is 8.23. The van der Waals surface area contributed by atoms with E-state index in [-0.39, 0.29) is 0 Å². The number of nitrogens with one attached hydrogen (secondary N) is 2. The summed E-state index contributed by atoms with van der Waals surface area (Å²) in [6.45, 7) is 2.26. The maximum absolute atomic E-state index is 4.51. The van der Waals surface area contributed by atoms with E-state index in [9.17, 15) is 0 Å². The standard InChI is InChI=1S/C13H19N3/c1-2-10-8-13(15-9-11(10)3-1)16-12-4-6-14-7-5-12/h8-9,12,14H,1-7H2,(H,15,16). The van der Waals surface area contributed by atoms with Gasteiger partial charge in [0, 0.05) is 12.2 Å². The van der Waals surface area contributed by atoms with Crippen molar-refractivity contribution in [2.45, 2.75) is 38.1 Å². The molecule has 0 aromatic carbocycles. The van der Waals surface area contributed by atoms with Gasteiger partial charge in [-0.15, -0.1) is 0 Å². The van der Waals surface area contributed by atoms with Crippen molar-refractivity contribution in [3.05, 3.63) is 23.4 Å². The van der Waals surface area contributed by atoms with Crippen molar-refractivity contribution in [1.82, 2.24) is 10.3 Å². The van der Waals surface area contributed by atoms with E-state index >= 15 is 0 Å². The second-order valence-electron chi connectivity index (χ2n) is 4.86. The van der Waals surface area contributed by atoms with Gasteiger partial charge in [0.15, 0.2) is 0 Å². The third-order valence-electron chi connectivity index (χ3n) is 3.67. The molecule has 3 heteroatoms. The molecule has 16 heavy (non-hydrogen) atoms. The van der Waals surface area contributed by atoms with Crippen LogP contribution in [-0.4, -0.2) is 24.1 Å². The van der Waals surface area contributed by atoms with E-state index in [0.29, 0.717) is 6.04 Å². The zero-order chi connectivity index (χ0) is 10.8. The fourth-order valence-electron chi connectivity index (χ4n) is 2.71. The number of piperidine rings is 1. The van der Waals surface area contributed by atoms with E-state index in [1.54, 1.807) is 0 Å². The third kappa shape index (κ3) is 2.05. The molecule has 0 bridgehead atoms. The highest BCUT2D eigenvalue weighted by Crippen LogP contribution is 2.23. The van der Waals surface area contributed by atoms with Crippen LogP contribution in [0.3, 0.4) is 0 Å². The largest absolute Gasteiger partial charge is 0.367 e. The molecule has 2 aliphatic rings. The highest BCUT2D eigenvalue weighted by Gasteiger charge is 2.15. The number of aromatic nitrogens is 1. The lowest BCUT2D eigenvalue weighted by molar-refractivity contribution is 0.478. The Kier molecular flexibility index (Phi) is 2.79. The average Bonchev–Trinajstić information content (AvgIpc) is 2.77. The van der Waals surface area contributed by atoms with Gasteiger partial charge in [-0.2, -0.15) is 0 Å². The maximum Gasteiger partial charge on any atom is 0.126 e. The molecule has 3 rings (SSSR count). The van der Waals surface area contributed by atoms with Crippen molar-refractivity contribution in [3.63, 3.8) is 0 Å². The van der Waals surface area contributed by atoms with Gasteiger partial charge in [0.25, 0.3) is 0 Å². The Labute approximate surface area is 96.7 Å². The van der Waals surface area contributed by atoms with E-state index < -0.39 is 0 Å². The highest BCUT2D eigenvalue weighted by atomic mass is 15.0. The van der Waals surface area contributed by atoms with Crippen LogP contribution in [-0.2, 0) is 12.8 Å². The molecule has 1 aromatic heterocycles. The summed E-state index contributed by atoms with van der Waals surface area (Å²) < 4.78 is 0. The molecular formula is C13H19N3. The Morgan fingerprint density at radius 1 is 1.19 bits per heavy atom. The lowest BCUT2D eigenvalue weighted by Gasteiger charge is -2.24. The molecule has 2 N–H and O–H groups in total. The molecule has 0 spiro atoms. The predicted octanol–water partition coefficient (Wildman–Crippen LogP) is 1.73. The van der Waals surface area contributed by atoms with E-state index in [1.165, 1.54) is 43.2 Å². The van der Waals surface area contributed by atoms with E-state index in [4.69, 9.17) is 0 Å². The molecule has 2 heterocycles. The van der Waals surface area contributed by atoms with Crippen LogP contribution in [0.4, 0.5) is 5.82 Å². The predicted molar refractivity (Wildman–Crippen MR) is 65.8 cm³/mol. The van der Waals surface area contributed by atoms with Crippen LogP contribution in [0.5, 0.6) is 0 Å². The Morgan fingerprint density at radius 2 is 2.00 bits per heavy atom. The van der Waals surface area contributed by atoms with Crippen LogP contribution in [0.1, 0.15) is 30.4 Å². The van der Waals surface area contributed by atoms with Crippen molar-refractivity contribution in [1.29, 1.82) is 0 Å². The Hall–Kier alpha value is -1.09. The summed E-state index contributed by atoms with van der Waals surface area (Å²) in [6, 6.07) is 2.86. The monoisotopic (exact) mass is 217 g/mol. The summed E-state index contributed by atoms with van der Waals surface area (Å²) in [5.41, 5.74) is 2.96. The number of pyridine rings is 1. The number of rotatable bonds is 2. The summed E-state index contributed by atoms with van der Waals surface area (Å²) in [5.74, 6) is 1.08. The molecule has 0 saturated carbocycles. The summed E-state index contributed by atoms with van der Waals surface area (Å²) in [4.78, 5) is 4.51. The molecule has 1 aliphatic carbocycles. The third-order valence-corrected chi connectivity index (χ3v) is 3.67. The number of aryl methyl sites for hydroxylation is 2. The normalized spacial score (nSPS) is 20.8. The van der Waals surface area contributed by atoms with Gasteiger partial charge < -0.3 is 10.6 Å². The second kappa shape index (κ2) is 4.42. The first kappa shape index (κ1) is 10.1. The number of fused-ring (bicyclic) bond motifs is 1. The fourth-order valence-corrected chi connectivity index (χ4v) is 2.71. The Morgan fingerprint density at radius 3 is 2.88 bits per heavy atom. The Balaban J connectivity index is 1.69. The molecule has 86 valence electrons. The fraction of sp³-hybridized carbons (Fsp3) is 0.615. The molecule has 0 atom stereocenters. The quantitative estimate of drug-likeness (QED) is 0.792. The van der Waals surface area contributed by atoms with Gasteiger partial charge in [0.1, 0.15) is 5.82 Å². The number of anilines is 1. The summed E-state index contributed by atoms with van der Waals surface area (Å²) in [7, 11) is 0. The topological polar surface area (TPSA) is 37.0 Å². The minimum absolute atomic E-state index is 0.605. The van der Waals surface area contributed by atoms with Crippen molar-refractivity contribution in [2.24, 2.45) is 0 Å². The average molecular weight is 217 g/mol. The van der Waals surface area contributed by atoms with Gasteiger partial charge in [-0.05, 0) is 62.4 Å². The first-order valence-corrected chi connectivity index (χ1v) is 6.37. The van der Waals surface area contributed by atoms with Crippen LogP contribution in [0.25, 0.3) is 0 Å². The zero-order valence-electron chi connectivity index (χ0n) is 9.63. The molecule has 1 saturated heterocycles. The van der Waals surface area contributed by atoms with Gasteiger partial charge in [0.2, 0.25) is 0 Å². The first-order valence-electron chi connectivity index (χ1n) is 6.37. The van der Waals surface area contributed by atoms with Gasteiger partial charge in [-0.1, -0.05) is 0 Å². The molecule has 0 radical (unpaired) electrons. The van der Waals surface area contributed by atoms with Crippen LogP contribution in [0, 0.1) is 0 Å². The van der Waals surface area contributed by atoms with Crippen LogP contribution < -0.4 is 10.6 Å². The molecule has 0 amide bonds. The minimum Gasteiger partial charge on any atom is -0.367 e. The zero-order valence-corrected chi connectivity index (χ0v) is 9.63.